The molecular weight excluding hydrogens is 180 g/mol. The molecule has 1 heterocycles. The summed E-state index contributed by atoms with van der Waals surface area (Å²) in [6, 6.07) is 1.92. The number of ether oxygens (including phenoxy) is 1. The largest absolute Gasteiger partial charge is 0.393 e. The molecule has 0 bridgehead atoms. The van der Waals surface area contributed by atoms with E-state index in [1.54, 1.807) is 11.8 Å². The van der Waals surface area contributed by atoms with Gasteiger partial charge in [0.1, 0.15) is 0 Å². The second-order valence-electron chi connectivity index (χ2n) is 3.62. The van der Waals surface area contributed by atoms with E-state index < -0.39 is 0 Å². The zero-order valence-corrected chi connectivity index (χ0v) is 8.97. The molecule has 4 heteroatoms. The number of hydrogen-bond donors (Lipinski definition) is 1. The number of nitrogens with zero attached hydrogens (tertiary/aromatic N) is 2. The predicted molar refractivity (Wildman–Crippen MR) is 54.0 cm³/mol. The Bertz CT molecular complexity index is 273. The van der Waals surface area contributed by atoms with Crippen molar-refractivity contribution < 1.29 is 9.84 Å². The Morgan fingerprint density at radius 1 is 1.64 bits per heavy atom. The number of aliphatic hydroxyl groups excluding tert-OH is 1. The lowest BCUT2D eigenvalue weighted by Crippen LogP contribution is -2.19. The van der Waals surface area contributed by atoms with Crippen molar-refractivity contribution in [2.24, 2.45) is 7.05 Å². The highest BCUT2D eigenvalue weighted by Crippen LogP contribution is 2.07. The summed E-state index contributed by atoms with van der Waals surface area (Å²) < 4.78 is 6.82. The molecule has 1 aromatic heterocycles. The Hall–Kier alpha value is -0.870. The van der Waals surface area contributed by atoms with Gasteiger partial charge in [0.15, 0.2) is 0 Å². The van der Waals surface area contributed by atoms with Gasteiger partial charge in [0.25, 0.3) is 0 Å². The lowest BCUT2D eigenvalue weighted by molar-refractivity contribution is 0.0561. The average molecular weight is 198 g/mol. The molecule has 0 radical (unpaired) electrons. The molecule has 0 aliphatic carbocycles. The van der Waals surface area contributed by atoms with Crippen LogP contribution in [0.1, 0.15) is 19.0 Å². The third-order valence-electron chi connectivity index (χ3n) is 2.22. The molecular formula is C10H18N2O2. The van der Waals surface area contributed by atoms with Gasteiger partial charge in [-0.1, -0.05) is 0 Å². The molecule has 1 rings (SSSR count). The summed E-state index contributed by atoms with van der Waals surface area (Å²) in [6.45, 7) is 1.95. The van der Waals surface area contributed by atoms with Gasteiger partial charge in [0.2, 0.25) is 0 Å². The van der Waals surface area contributed by atoms with Crippen LogP contribution in [0.25, 0.3) is 0 Å². The molecule has 0 saturated carbocycles. The molecule has 0 aliphatic heterocycles. The molecule has 0 fully saturated rings. The second kappa shape index (κ2) is 5.12. The van der Waals surface area contributed by atoms with E-state index in [1.807, 2.05) is 26.2 Å². The van der Waals surface area contributed by atoms with Crippen molar-refractivity contribution in [2.75, 3.05) is 7.11 Å². The molecule has 0 amide bonds. The minimum Gasteiger partial charge on any atom is -0.393 e. The third-order valence-corrected chi connectivity index (χ3v) is 2.22. The first-order chi connectivity index (χ1) is 6.61. The molecule has 2 atom stereocenters. The van der Waals surface area contributed by atoms with Crippen LogP contribution in [0, 0.1) is 0 Å². The molecule has 4 nitrogen and oxygen atoms in total. The Morgan fingerprint density at radius 2 is 2.36 bits per heavy atom. The first-order valence-electron chi connectivity index (χ1n) is 4.81. The highest BCUT2D eigenvalue weighted by atomic mass is 16.5. The van der Waals surface area contributed by atoms with Gasteiger partial charge in [0.05, 0.1) is 17.9 Å². The van der Waals surface area contributed by atoms with Crippen molar-refractivity contribution in [3.8, 4) is 0 Å². The Balaban J connectivity index is 2.37. The lowest BCUT2D eigenvalue weighted by Gasteiger charge is -2.13. The fourth-order valence-electron chi connectivity index (χ4n) is 1.38. The van der Waals surface area contributed by atoms with Crippen LogP contribution < -0.4 is 0 Å². The van der Waals surface area contributed by atoms with E-state index in [0.29, 0.717) is 12.8 Å². The maximum atomic E-state index is 9.68. The summed E-state index contributed by atoms with van der Waals surface area (Å²) in [4.78, 5) is 0. The fraction of sp³-hybridized carbons (Fsp3) is 0.700. The fourth-order valence-corrected chi connectivity index (χ4v) is 1.38. The Kier molecular flexibility index (Phi) is 4.10. The number of aromatic nitrogens is 2. The maximum Gasteiger partial charge on any atom is 0.0650 e. The summed E-state index contributed by atoms with van der Waals surface area (Å²) in [5.41, 5.74) is 0.920. The Morgan fingerprint density at radius 3 is 2.86 bits per heavy atom. The van der Waals surface area contributed by atoms with Gasteiger partial charge < -0.3 is 9.84 Å². The van der Waals surface area contributed by atoms with Crippen LogP contribution in [0.2, 0.25) is 0 Å². The van der Waals surface area contributed by atoms with Crippen molar-refractivity contribution in [1.82, 2.24) is 9.78 Å². The predicted octanol–water partition coefficient (Wildman–Crippen LogP) is 0.748. The molecule has 0 aromatic carbocycles. The van der Waals surface area contributed by atoms with Gasteiger partial charge in [-0.3, -0.25) is 4.68 Å². The van der Waals surface area contributed by atoms with Crippen molar-refractivity contribution in [1.29, 1.82) is 0 Å². The van der Waals surface area contributed by atoms with Gasteiger partial charge in [-0.15, -0.1) is 0 Å². The van der Waals surface area contributed by atoms with E-state index in [-0.39, 0.29) is 12.2 Å². The molecule has 0 aliphatic rings. The summed E-state index contributed by atoms with van der Waals surface area (Å²) >= 11 is 0. The molecule has 1 aromatic rings. The average Bonchev–Trinajstić information content (AvgIpc) is 2.50. The van der Waals surface area contributed by atoms with Crippen molar-refractivity contribution in [3.63, 3.8) is 0 Å². The first kappa shape index (κ1) is 11.2. The summed E-state index contributed by atoms with van der Waals surface area (Å²) in [6.07, 6.45) is 2.83. The van der Waals surface area contributed by atoms with Crippen LogP contribution in [-0.2, 0) is 18.2 Å². The molecule has 80 valence electrons. The van der Waals surface area contributed by atoms with Crippen molar-refractivity contribution in [3.05, 3.63) is 18.0 Å². The maximum absolute atomic E-state index is 9.68. The van der Waals surface area contributed by atoms with E-state index in [1.165, 1.54) is 0 Å². The van der Waals surface area contributed by atoms with Gasteiger partial charge in [-0.2, -0.15) is 5.10 Å². The zero-order valence-electron chi connectivity index (χ0n) is 8.97. The number of hydrogen-bond acceptors (Lipinski definition) is 3. The summed E-state index contributed by atoms with van der Waals surface area (Å²) in [7, 11) is 3.52. The van der Waals surface area contributed by atoms with Gasteiger partial charge >= 0.3 is 0 Å². The minimum absolute atomic E-state index is 0.0914. The molecule has 14 heavy (non-hydrogen) atoms. The van der Waals surface area contributed by atoms with Crippen LogP contribution in [-0.4, -0.2) is 34.2 Å². The number of methoxy groups -OCH3 is 1. The monoisotopic (exact) mass is 198 g/mol. The SMILES string of the molecule is COC(C)CC(O)Cc1ccn(C)n1. The molecule has 2 unspecified atom stereocenters. The molecule has 1 N–H and O–H groups in total. The van der Waals surface area contributed by atoms with Crippen molar-refractivity contribution >= 4 is 0 Å². The van der Waals surface area contributed by atoms with Crippen molar-refractivity contribution in [2.45, 2.75) is 32.0 Å². The smallest absolute Gasteiger partial charge is 0.0650 e. The molecule has 0 saturated heterocycles. The van der Waals surface area contributed by atoms with E-state index in [4.69, 9.17) is 4.74 Å². The van der Waals surface area contributed by atoms with E-state index in [0.717, 1.165) is 5.69 Å². The summed E-state index contributed by atoms with van der Waals surface area (Å²) in [5.74, 6) is 0. The summed E-state index contributed by atoms with van der Waals surface area (Å²) in [5, 5.41) is 13.9. The van der Waals surface area contributed by atoms with Crippen LogP contribution in [0.4, 0.5) is 0 Å². The lowest BCUT2D eigenvalue weighted by atomic mass is 10.1. The third kappa shape index (κ3) is 3.47. The van der Waals surface area contributed by atoms with Crippen LogP contribution in [0.5, 0.6) is 0 Å². The topological polar surface area (TPSA) is 47.3 Å². The van der Waals surface area contributed by atoms with E-state index in [9.17, 15) is 5.11 Å². The van der Waals surface area contributed by atoms with Gasteiger partial charge in [-0.25, -0.2) is 0 Å². The van der Waals surface area contributed by atoms with Gasteiger partial charge in [0, 0.05) is 26.8 Å². The number of aryl methyl sites for hydroxylation is 1. The van der Waals surface area contributed by atoms with Crippen LogP contribution in [0.3, 0.4) is 0 Å². The number of aliphatic hydroxyl groups is 1. The number of rotatable bonds is 5. The first-order valence-corrected chi connectivity index (χ1v) is 4.81. The van der Waals surface area contributed by atoms with Crippen LogP contribution >= 0.6 is 0 Å². The highest BCUT2D eigenvalue weighted by molar-refractivity contribution is 5.00. The minimum atomic E-state index is -0.375. The van der Waals surface area contributed by atoms with E-state index in [2.05, 4.69) is 5.10 Å². The second-order valence-corrected chi connectivity index (χ2v) is 3.62. The highest BCUT2D eigenvalue weighted by Gasteiger charge is 2.11. The normalized spacial score (nSPS) is 15.4. The zero-order chi connectivity index (χ0) is 10.6. The van der Waals surface area contributed by atoms with Crippen LogP contribution in [0.15, 0.2) is 12.3 Å². The molecule has 0 spiro atoms. The quantitative estimate of drug-likeness (QED) is 0.759. The van der Waals surface area contributed by atoms with Gasteiger partial charge in [-0.05, 0) is 19.4 Å². The van der Waals surface area contributed by atoms with E-state index >= 15 is 0 Å². The Labute approximate surface area is 84.5 Å². The standard InChI is InChI=1S/C10H18N2O2/c1-8(14-3)6-10(13)7-9-4-5-12(2)11-9/h4-5,8,10,13H,6-7H2,1-3H3.